The highest BCUT2D eigenvalue weighted by atomic mass is 16.4. The Hall–Kier alpha value is -2.34. The Bertz CT molecular complexity index is 814. The molecule has 0 saturated heterocycles. The van der Waals surface area contributed by atoms with E-state index in [1.165, 1.54) is 0 Å². The van der Waals surface area contributed by atoms with E-state index in [0.717, 1.165) is 22.4 Å². The zero-order valence-corrected chi connectivity index (χ0v) is 12.2. The van der Waals surface area contributed by atoms with E-state index in [1.807, 2.05) is 32.0 Å². The van der Waals surface area contributed by atoms with E-state index in [1.54, 1.807) is 6.20 Å². The molecule has 0 aliphatic heterocycles. The largest absolute Gasteiger partial charge is 0.444 e. The Labute approximate surface area is 121 Å². The number of rotatable bonds is 4. The van der Waals surface area contributed by atoms with Gasteiger partial charge in [0.1, 0.15) is 5.76 Å². The molecule has 0 spiro atoms. The summed E-state index contributed by atoms with van der Waals surface area (Å²) in [6.07, 6.45) is 1.72. The summed E-state index contributed by atoms with van der Waals surface area (Å²) in [6.45, 7) is 5.96. The van der Waals surface area contributed by atoms with Crippen molar-refractivity contribution in [2.45, 2.75) is 32.9 Å². The van der Waals surface area contributed by atoms with Gasteiger partial charge in [-0.3, -0.25) is 5.32 Å². The van der Waals surface area contributed by atoms with Crippen LogP contribution in [0, 0.1) is 6.92 Å². The molecule has 0 amide bonds. The van der Waals surface area contributed by atoms with Gasteiger partial charge in [0.05, 0.1) is 23.3 Å². The average Bonchev–Trinajstić information content (AvgIpc) is 3.02. The van der Waals surface area contributed by atoms with Crippen LogP contribution in [-0.2, 0) is 0 Å². The Morgan fingerprint density at radius 1 is 1.19 bits per heavy atom. The first kappa shape index (κ1) is 13.6. The van der Waals surface area contributed by atoms with Crippen LogP contribution in [0.1, 0.15) is 43.1 Å². The summed E-state index contributed by atoms with van der Waals surface area (Å²) in [4.78, 5) is 21.0. The standard InChI is InChI=1S/C15H18N4O2/c1-8-7-16-14(21-8)10(3)17-9(2)11-4-5-12-13(6-11)19-15(20)18-12/h4-7,9-10,17H,1-3H3,(H2,18,19,20). The number of hydrogen-bond donors (Lipinski definition) is 3. The Morgan fingerprint density at radius 2 is 1.95 bits per heavy atom. The van der Waals surface area contributed by atoms with Crippen LogP contribution < -0.4 is 11.0 Å². The van der Waals surface area contributed by atoms with Crippen molar-refractivity contribution in [3.05, 3.63) is 52.1 Å². The topological polar surface area (TPSA) is 86.7 Å². The number of imidazole rings is 1. The van der Waals surface area contributed by atoms with E-state index < -0.39 is 0 Å². The molecule has 110 valence electrons. The summed E-state index contributed by atoms with van der Waals surface area (Å²) in [7, 11) is 0. The molecule has 0 saturated carbocycles. The van der Waals surface area contributed by atoms with Crippen LogP contribution in [0.25, 0.3) is 11.0 Å². The summed E-state index contributed by atoms with van der Waals surface area (Å²) < 4.78 is 5.53. The van der Waals surface area contributed by atoms with Gasteiger partial charge in [-0.25, -0.2) is 9.78 Å². The molecule has 2 unspecified atom stereocenters. The van der Waals surface area contributed by atoms with Crippen LogP contribution >= 0.6 is 0 Å². The predicted octanol–water partition coefficient (Wildman–Crippen LogP) is 2.56. The molecule has 0 aliphatic carbocycles. The number of nitrogens with one attached hydrogen (secondary N) is 3. The van der Waals surface area contributed by atoms with Crippen molar-refractivity contribution in [1.82, 2.24) is 20.3 Å². The molecular formula is C15H18N4O2. The van der Waals surface area contributed by atoms with Gasteiger partial charge in [-0.2, -0.15) is 0 Å². The highest BCUT2D eigenvalue weighted by Gasteiger charge is 2.15. The maximum Gasteiger partial charge on any atom is 0.323 e. The Balaban J connectivity index is 1.79. The third-order valence-corrected chi connectivity index (χ3v) is 3.55. The van der Waals surface area contributed by atoms with Crippen molar-refractivity contribution >= 4 is 11.0 Å². The number of oxazole rings is 1. The first-order valence-electron chi connectivity index (χ1n) is 6.93. The highest BCUT2D eigenvalue weighted by molar-refractivity contribution is 5.75. The summed E-state index contributed by atoms with van der Waals surface area (Å²) >= 11 is 0. The van der Waals surface area contributed by atoms with Gasteiger partial charge in [0.2, 0.25) is 5.89 Å². The molecular weight excluding hydrogens is 268 g/mol. The summed E-state index contributed by atoms with van der Waals surface area (Å²) in [5, 5.41) is 3.44. The quantitative estimate of drug-likeness (QED) is 0.688. The average molecular weight is 286 g/mol. The number of benzene rings is 1. The molecule has 3 rings (SSSR count). The molecule has 0 bridgehead atoms. The fourth-order valence-electron chi connectivity index (χ4n) is 2.43. The normalized spacial score (nSPS) is 14.4. The number of aromatic nitrogens is 3. The fourth-order valence-corrected chi connectivity index (χ4v) is 2.43. The minimum Gasteiger partial charge on any atom is -0.444 e. The Kier molecular flexibility index (Phi) is 3.39. The molecule has 21 heavy (non-hydrogen) atoms. The van der Waals surface area contributed by atoms with Crippen LogP contribution in [-0.4, -0.2) is 15.0 Å². The lowest BCUT2D eigenvalue weighted by molar-refractivity contribution is 0.380. The fraction of sp³-hybridized carbons (Fsp3) is 0.333. The molecule has 2 atom stereocenters. The van der Waals surface area contributed by atoms with Crippen molar-refractivity contribution < 1.29 is 4.42 Å². The lowest BCUT2D eigenvalue weighted by Crippen LogP contribution is -2.22. The van der Waals surface area contributed by atoms with E-state index in [4.69, 9.17) is 4.42 Å². The van der Waals surface area contributed by atoms with Gasteiger partial charge < -0.3 is 14.4 Å². The zero-order valence-electron chi connectivity index (χ0n) is 12.2. The number of aryl methyl sites for hydroxylation is 1. The number of hydrogen-bond acceptors (Lipinski definition) is 4. The molecule has 1 aromatic carbocycles. The molecule has 0 aliphatic rings. The number of fused-ring (bicyclic) bond motifs is 1. The Morgan fingerprint density at radius 3 is 2.67 bits per heavy atom. The number of aromatic amines is 2. The smallest absolute Gasteiger partial charge is 0.323 e. The maximum absolute atomic E-state index is 11.3. The van der Waals surface area contributed by atoms with Crippen LogP contribution in [0.15, 0.2) is 33.6 Å². The first-order valence-corrected chi connectivity index (χ1v) is 6.93. The second-order valence-corrected chi connectivity index (χ2v) is 5.30. The van der Waals surface area contributed by atoms with Gasteiger partial charge in [0.15, 0.2) is 0 Å². The van der Waals surface area contributed by atoms with Crippen LogP contribution in [0.3, 0.4) is 0 Å². The van der Waals surface area contributed by atoms with E-state index in [2.05, 4.69) is 27.2 Å². The molecule has 6 heteroatoms. The van der Waals surface area contributed by atoms with Crippen molar-refractivity contribution in [2.24, 2.45) is 0 Å². The van der Waals surface area contributed by atoms with Gasteiger partial charge in [0, 0.05) is 6.04 Å². The third kappa shape index (κ3) is 2.75. The molecule has 3 aromatic rings. The van der Waals surface area contributed by atoms with E-state index in [9.17, 15) is 4.79 Å². The number of H-pyrrole nitrogens is 2. The molecule has 2 aromatic heterocycles. The van der Waals surface area contributed by atoms with Gasteiger partial charge in [-0.15, -0.1) is 0 Å². The van der Waals surface area contributed by atoms with Gasteiger partial charge >= 0.3 is 5.69 Å². The number of nitrogens with zero attached hydrogens (tertiary/aromatic N) is 1. The third-order valence-electron chi connectivity index (χ3n) is 3.55. The lowest BCUT2D eigenvalue weighted by atomic mass is 10.1. The van der Waals surface area contributed by atoms with Gasteiger partial charge in [-0.1, -0.05) is 6.07 Å². The molecule has 2 heterocycles. The molecule has 0 radical (unpaired) electrons. The SMILES string of the molecule is Cc1cnc(C(C)NC(C)c2ccc3[nH]c(=O)[nH]c3c2)o1. The van der Waals surface area contributed by atoms with E-state index >= 15 is 0 Å². The molecule has 3 N–H and O–H groups in total. The van der Waals surface area contributed by atoms with Gasteiger partial charge in [-0.05, 0) is 38.5 Å². The monoisotopic (exact) mass is 286 g/mol. The second-order valence-electron chi connectivity index (χ2n) is 5.30. The second kappa shape index (κ2) is 5.21. The van der Waals surface area contributed by atoms with Crippen molar-refractivity contribution in [3.8, 4) is 0 Å². The van der Waals surface area contributed by atoms with Crippen LogP contribution in [0.5, 0.6) is 0 Å². The van der Waals surface area contributed by atoms with Crippen LogP contribution in [0.2, 0.25) is 0 Å². The van der Waals surface area contributed by atoms with E-state index in [-0.39, 0.29) is 17.8 Å². The highest BCUT2D eigenvalue weighted by Crippen LogP contribution is 2.21. The van der Waals surface area contributed by atoms with E-state index in [0.29, 0.717) is 5.89 Å². The first-order chi connectivity index (χ1) is 10.0. The summed E-state index contributed by atoms with van der Waals surface area (Å²) in [5.41, 5.74) is 2.53. The minimum absolute atomic E-state index is 0.00895. The minimum atomic E-state index is -0.189. The molecule has 6 nitrogen and oxygen atoms in total. The zero-order chi connectivity index (χ0) is 15.0. The van der Waals surface area contributed by atoms with Gasteiger partial charge in [0.25, 0.3) is 0 Å². The van der Waals surface area contributed by atoms with Crippen molar-refractivity contribution in [3.63, 3.8) is 0 Å². The predicted molar refractivity (Wildman–Crippen MR) is 80.1 cm³/mol. The lowest BCUT2D eigenvalue weighted by Gasteiger charge is -2.18. The van der Waals surface area contributed by atoms with Crippen molar-refractivity contribution in [1.29, 1.82) is 0 Å². The maximum atomic E-state index is 11.3. The molecule has 0 fully saturated rings. The van der Waals surface area contributed by atoms with Crippen LogP contribution in [0.4, 0.5) is 0 Å². The summed E-state index contributed by atoms with van der Waals surface area (Å²) in [6, 6.07) is 5.99. The van der Waals surface area contributed by atoms with Crippen molar-refractivity contribution in [2.75, 3.05) is 0 Å². The summed E-state index contributed by atoms with van der Waals surface area (Å²) in [5.74, 6) is 1.48.